The summed E-state index contributed by atoms with van der Waals surface area (Å²) in [6.07, 6.45) is -5.73. The van der Waals surface area contributed by atoms with E-state index in [2.05, 4.69) is 9.97 Å². The number of ketones is 1. The number of alkyl halides is 3. The zero-order chi connectivity index (χ0) is 19.2. The molecule has 1 aromatic heterocycles. The number of nitrogens with zero attached hydrogens (tertiary/aromatic N) is 2. The van der Waals surface area contributed by atoms with Crippen molar-refractivity contribution in [1.29, 1.82) is 0 Å². The first-order valence-corrected chi connectivity index (χ1v) is 9.24. The maximum atomic E-state index is 13.3. The van der Waals surface area contributed by atoms with Gasteiger partial charge < -0.3 is 9.47 Å². The first-order chi connectivity index (χ1) is 12.8. The Morgan fingerprint density at radius 1 is 1.19 bits per heavy atom. The molecule has 27 heavy (non-hydrogen) atoms. The van der Waals surface area contributed by atoms with E-state index in [1.165, 1.54) is 0 Å². The molecule has 2 fully saturated rings. The lowest BCUT2D eigenvalue weighted by molar-refractivity contribution is -0.151. The standard InChI is InChI=1S/C17H12ClF3N2O3S/c18-9-3-1-8(2-4-9)10-5-14(17(19,20)21)23-16(22-10)27-13-6-11(24)15-25-7-12(13)26-15/h1-5,12-13,15H,6-7H2. The van der Waals surface area contributed by atoms with E-state index < -0.39 is 23.4 Å². The SMILES string of the molecule is O=C1CC(Sc2nc(-c3ccc(Cl)cc3)cc(C(F)(F)F)n2)C2COC1O2. The van der Waals surface area contributed by atoms with Crippen LogP contribution in [0.3, 0.4) is 0 Å². The van der Waals surface area contributed by atoms with Crippen LogP contribution in [0.4, 0.5) is 13.2 Å². The summed E-state index contributed by atoms with van der Waals surface area (Å²) in [6, 6.07) is 7.21. The number of thioether (sulfide) groups is 1. The molecule has 0 N–H and O–H groups in total. The molecule has 3 unspecified atom stereocenters. The average molecular weight is 417 g/mol. The highest BCUT2D eigenvalue weighted by molar-refractivity contribution is 7.99. The van der Waals surface area contributed by atoms with Crippen LogP contribution in [0.2, 0.25) is 5.02 Å². The fourth-order valence-electron chi connectivity index (χ4n) is 2.85. The molecular weight excluding hydrogens is 405 g/mol. The molecule has 0 radical (unpaired) electrons. The first-order valence-electron chi connectivity index (χ1n) is 7.98. The van der Waals surface area contributed by atoms with Crippen LogP contribution in [0.15, 0.2) is 35.5 Å². The zero-order valence-corrected chi connectivity index (χ0v) is 15.1. The minimum Gasteiger partial charge on any atom is -0.343 e. The topological polar surface area (TPSA) is 61.3 Å². The molecule has 2 aliphatic heterocycles. The largest absolute Gasteiger partial charge is 0.433 e. The van der Waals surface area contributed by atoms with Crippen molar-refractivity contribution in [2.75, 3.05) is 6.61 Å². The Hall–Kier alpha value is -1.68. The van der Waals surface area contributed by atoms with Gasteiger partial charge in [-0.15, -0.1) is 0 Å². The van der Waals surface area contributed by atoms with Gasteiger partial charge in [0.25, 0.3) is 0 Å². The Balaban J connectivity index is 1.68. The van der Waals surface area contributed by atoms with E-state index >= 15 is 0 Å². The number of carbonyl (C=O) groups excluding carboxylic acids is 1. The summed E-state index contributed by atoms with van der Waals surface area (Å²) in [5, 5.41) is -0.00793. The molecule has 3 atom stereocenters. The van der Waals surface area contributed by atoms with Gasteiger partial charge in [0.2, 0.25) is 6.29 Å². The van der Waals surface area contributed by atoms with Crippen LogP contribution in [-0.4, -0.2) is 40.0 Å². The second kappa shape index (κ2) is 7.05. The van der Waals surface area contributed by atoms with E-state index in [0.717, 1.165) is 17.8 Å². The van der Waals surface area contributed by atoms with Crippen LogP contribution >= 0.6 is 23.4 Å². The maximum absolute atomic E-state index is 13.3. The lowest BCUT2D eigenvalue weighted by Crippen LogP contribution is -2.37. The van der Waals surface area contributed by atoms with Crippen molar-refractivity contribution in [2.24, 2.45) is 0 Å². The molecule has 142 valence electrons. The van der Waals surface area contributed by atoms with Gasteiger partial charge in [-0.05, 0) is 18.2 Å². The lowest BCUT2D eigenvalue weighted by Gasteiger charge is -2.25. The second-order valence-corrected chi connectivity index (χ2v) is 7.73. The van der Waals surface area contributed by atoms with Crippen molar-refractivity contribution in [3.63, 3.8) is 0 Å². The average Bonchev–Trinajstić information content (AvgIpc) is 3.05. The molecule has 2 aliphatic rings. The van der Waals surface area contributed by atoms with Crippen molar-refractivity contribution in [1.82, 2.24) is 9.97 Å². The van der Waals surface area contributed by atoms with Gasteiger partial charge in [0.1, 0.15) is 5.69 Å². The summed E-state index contributed by atoms with van der Waals surface area (Å²) in [7, 11) is 0. The van der Waals surface area contributed by atoms with Crippen molar-refractivity contribution < 1.29 is 27.4 Å². The van der Waals surface area contributed by atoms with Gasteiger partial charge in [0.05, 0.1) is 18.4 Å². The second-order valence-electron chi connectivity index (χ2n) is 6.09. The number of ether oxygens (including phenoxy) is 2. The third-order valence-electron chi connectivity index (χ3n) is 4.18. The highest BCUT2D eigenvalue weighted by atomic mass is 35.5. The van der Waals surface area contributed by atoms with Gasteiger partial charge in [-0.2, -0.15) is 13.2 Å². The minimum absolute atomic E-state index is 0.0680. The summed E-state index contributed by atoms with van der Waals surface area (Å²) in [5.41, 5.74) is -0.442. The summed E-state index contributed by atoms with van der Waals surface area (Å²) in [6.45, 7) is 0.219. The minimum atomic E-state index is -4.63. The number of hydrogen-bond acceptors (Lipinski definition) is 6. The van der Waals surface area contributed by atoms with Gasteiger partial charge in [0, 0.05) is 22.3 Å². The van der Waals surface area contributed by atoms with Crippen molar-refractivity contribution in [2.45, 2.75) is 35.4 Å². The molecule has 3 heterocycles. The van der Waals surface area contributed by atoms with Gasteiger partial charge >= 0.3 is 6.18 Å². The molecule has 0 spiro atoms. The van der Waals surface area contributed by atoms with Gasteiger partial charge in [0.15, 0.2) is 10.9 Å². The van der Waals surface area contributed by atoms with Crippen molar-refractivity contribution in [3.8, 4) is 11.3 Å². The van der Waals surface area contributed by atoms with Crippen LogP contribution in [0.1, 0.15) is 12.1 Å². The fraction of sp³-hybridized carbons (Fsp3) is 0.353. The van der Waals surface area contributed by atoms with E-state index in [1.807, 2.05) is 0 Å². The van der Waals surface area contributed by atoms with E-state index in [4.69, 9.17) is 21.1 Å². The number of Topliss-reactive ketones (excluding diaryl/α,β-unsaturated/α-hetero) is 1. The maximum Gasteiger partial charge on any atom is 0.433 e. The first kappa shape index (κ1) is 18.7. The molecule has 4 rings (SSSR count). The molecule has 2 saturated heterocycles. The van der Waals surface area contributed by atoms with Crippen LogP contribution in [-0.2, 0) is 20.4 Å². The summed E-state index contributed by atoms with van der Waals surface area (Å²) in [4.78, 5) is 19.8. The molecule has 10 heteroatoms. The van der Waals surface area contributed by atoms with Crippen molar-refractivity contribution in [3.05, 3.63) is 41.0 Å². The molecule has 0 saturated carbocycles. The molecule has 2 aromatic rings. The number of rotatable bonds is 3. The normalized spacial score (nSPS) is 25.0. The third kappa shape index (κ3) is 3.96. The summed E-state index contributed by atoms with van der Waals surface area (Å²) >= 11 is 6.83. The number of carbonyl (C=O) groups is 1. The van der Waals surface area contributed by atoms with Crippen molar-refractivity contribution >= 4 is 29.1 Å². The Labute approximate surface area is 161 Å². The highest BCUT2D eigenvalue weighted by Crippen LogP contribution is 2.38. The molecule has 0 amide bonds. The number of hydrogen-bond donors (Lipinski definition) is 0. The fourth-order valence-corrected chi connectivity index (χ4v) is 4.09. The summed E-state index contributed by atoms with van der Waals surface area (Å²) in [5.74, 6) is -0.230. The predicted octanol–water partition coefficient (Wildman–Crippen LogP) is 3.99. The molecule has 0 aliphatic carbocycles. The van der Waals surface area contributed by atoms with E-state index in [1.54, 1.807) is 24.3 Å². The Kier molecular flexibility index (Phi) is 4.87. The molecule has 1 aromatic carbocycles. The van der Waals surface area contributed by atoms with E-state index in [9.17, 15) is 18.0 Å². The lowest BCUT2D eigenvalue weighted by atomic mass is 10.1. The quantitative estimate of drug-likeness (QED) is 0.705. The van der Waals surface area contributed by atoms with E-state index in [0.29, 0.717) is 10.6 Å². The third-order valence-corrected chi connectivity index (χ3v) is 5.60. The zero-order valence-electron chi connectivity index (χ0n) is 13.6. The number of fused-ring (bicyclic) bond motifs is 2. The van der Waals surface area contributed by atoms with Crippen LogP contribution < -0.4 is 0 Å². The predicted molar refractivity (Wildman–Crippen MR) is 91.4 cm³/mol. The van der Waals surface area contributed by atoms with Gasteiger partial charge in [-0.25, -0.2) is 9.97 Å². The van der Waals surface area contributed by atoms with E-state index in [-0.39, 0.29) is 35.8 Å². The highest BCUT2D eigenvalue weighted by Gasteiger charge is 2.44. The van der Waals surface area contributed by atoms with Gasteiger partial charge in [-0.3, -0.25) is 4.79 Å². The number of halogens is 4. The molecule has 5 nitrogen and oxygen atoms in total. The Morgan fingerprint density at radius 2 is 1.93 bits per heavy atom. The van der Waals surface area contributed by atoms with Crippen LogP contribution in [0.25, 0.3) is 11.3 Å². The Bertz CT molecular complexity index is 879. The number of benzene rings is 1. The summed E-state index contributed by atoms with van der Waals surface area (Å²) < 4.78 is 50.6. The molecule has 2 bridgehead atoms. The monoisotopic (exact) mass is 416 g/mol. The molecular formula is C17H12ClF3N2O3S. The number of aromatic nitrogens is 2. The van der Waals surface area contributed by atoms with Crippen LogP contribution in [0, 0.1) is 0 Å². The smallest absolute Gasteiger partial charge is 0.343 e. The van der Waals surface area contributed by atoms with Crippen LogP contribution in [0.5, 0.6) is 0 Å². The Morgan fingerprint density at radius 3 is 2.63 bits per heavy atom. The van der Waals surface area contributed by atoms with Gasteiger partial charge in [-0.1, -0.05) is 35.5 Å².